The number of carbonyl (C=O) groups is 2. The average molecular weight is 1200 g/mol. The molecule has 4 aromatic rings. The maximum Gasteiger partial charge on any atom is 0.329 e. The number of rotatable bonds is 18. The Bertz CT molecular complexity index is 2900. The summed E-state index contributed by atoms with van der Waals surface area (Å²) in [6, 6.07) is 11.1. The highest BCUT2D eigenvalue weighted by atomic mass is 32.2. The molecule has 81 heavy (non-hydrogen) atoms. The summed E-state index contributed by atoms with van der Waals surface area (Å²) < 4.78 is 78.7. The Labute approximate surface area is 490 Å². The molecule has 6 aliphatic rings. The number of fused-ring (bicyclic) bond motifs is 2. The smallest absolute Gasteiger partial charge is 0.329 e. The summed E-state index contributed by atoms with van der Waals surface area (Å²) in [5, 5.41) is 12.2. The summed E-state index contributed by atoms with van der Waals surface area (Å²) in [4.78, 5) is 37.4. The van der Waals surface area contributed by atoms with Gasteiger partial charge in [-0.15, -0.1) is 22.7 Å². The van der Waals surface area contributed by atoms with Crippen molar-refractivity contribution in [3.8, 4) is 11.5 Å². The Morgan fingerprint density at radius 3 is 1.51 bits per heavy atom. The van der Waals surface area contributed by atoms with E-state index in [1.54, 1.807) is 72.0 Å². The molecule has 8 heterocycles. The molecule has 4 fully saturated rings. The Morgan fingerprint density at radius 1 is 0.580 bits per heavy atom. The first-order valence-electron chi connectivity index (χ1n) is 29.3. The lowest BCUT2D eigenvalue weighted by molar-refractivity contribution is -0.142. The fraction of sp³-hybridized carbons (Fsp3) is 0.633. The van der Waals surface area contributed by atoms with Crippen LogP contribution >= 0.6 is 22.7 Å². The number of sulfonamides is 2. The largest absolute Gasteiger partial charge is 0.497 e. The molecule has 0 spiro atoms. The van der Waals surface area contributed by atoms with E-state index < -0.39 is 32.6 Å². The van der Waals surface area contributed by atoms with Crippen molar-refractivity contribution in [1.82, 2.24) is 28.6 Å². The monoisotopic (exact) mass is 1200 g/mol. The standard InChI is InChI=1S/C30H43N3O5S2.C17H25NO6S.C13H20N2S/c1-22-15-26(37-3)16-23(2)30(22)40(35,36)33-13-8-5-9-25(33)20-38-21-29(34)32-14-10-28-24(18-32)17-27(39-28)19-31-11-6-4-7-12-31;1-12-8-15(23-3)9-13(2)17(12)25(21,22)18-7-5-4-6-14(18)10-24-11-16(19)20;1-2-6-15(7-3-1)10-12-8-11-4-5-14-9-13(11)16-12/h15-17,25H,4-14,18-21H2,1-3H3;8-9,14H,4-7,10-11H2,1-3H3,(H,19,20);8,14H,1-7,9-10H2. The van der Waals surface area contributed by atoms with Gasteiger partial charge in [-0.2, -0.15) is 8.61 Å². The van der Waals surface area contributed by atoms with Gasteiger partial charge in [-0.3, -0.25) is 14.6 Å². The van der Waals surface area contributed by atoms with Crippen LogP contribution in [-0.4, -0.2) is 162 Å². The zero-order valence-electron chi connectivity index (χ0n) is 48.7. The summed E-state index contributed by atoms with van der Waals surface area (Å²) in [7, 11) is -4.28. The van der Waals surface area contributed by atoms with Gasteiger partial charge in [-0.25, -0.2) is 21.6 Å². The molecule has 6 aliphatic heterocycles. The molecule has 17 nitrogen and oxygen atoms in total. The lowest BCUT2D eigenvalue weighted by atomic mass is 10.1. The number of carboxylic acids is 1. The normalized spacial score (nSPS) is 20.5. The van der Waals surface area contributed by atoms with E-state index in [0.717, 1.165) is 58.2 Å². The van der Waals surface area contributed by atoms with E-state index in [1.807, 2.05) is 41.4 Å². The third-order valence-corrected chi connectivity index (χ3v) is 23.3. The fourth-order valence-electron chi connectivity index (χ4n) is 12.4. The molecular formula is C60H88N6O11S4. The molecule has 2 N–H and O–H groups in total. The maximum absolute atomic E-state index is 13.8. The van der Waals surface area contributed by atoms with E-state index >= 15 is 0 Å². The van der Waals surface area contributed by atoms with Crippen LogP contribution in [0.3, 0.4) is 0 Å². The lowest BCUT2D eigenvalue weighted by Gasteiger charge is -2.35. The highest BCUT2D eigenvalue weighted by molar-refractivity contribution is 7.89. The Kier molecular flexibility index (Phi) is 23.1. The SMILES string of the molecule is COc1cc(C)c(S(=O)(=O)N2CCCCC2COCC(=O)N2CCc3sc(CN4CCCCC4)cc3C2)c(C)c1.COc1cc(C)c(S(=O)(=O)N2CCCCC2COCC(=O)O)c(C)c1.c1c(CN2CCCCC2)sc2c1CCNC2. The van der Waals surface area contributed by atoms with Crippen LogP contribution in [0, 0.1) is 27.7 Å². The van der Waals surface area contributed by atoms with Crippen molar-refractivity contribution < 1.29 is 50.5 Å². The number of likely N-dealkylation sites (tertiary alicyclic amines) is 2. The van der Waals surface area contributed by atoms with Crippen molar-refractivity contribution in [2.75, 3.05) is 93.0 Å². The lowest BCUT2D eigenvalue weighted by Crippen LogP contribution is -2.47. The number of ether oxygens (including phenoxy) is 4. The molecule has 2 aromatic heterocycles. The van der Waals surface area contributed by atoms with Crippen molar-refractivity contribution >= 4 is 54.6 Å². The second-order valence-electron chi connectivity index (χ2n) is 22.6. The number of benzene rings is 2. The van der Waals surface area contributed by atoms with Gasteiger partial charge in [-0.1, -0.05) is 25.7 Å². The molecule has 21 heteroatoms. The number of aliphatic carboxylic acids is 1. The van der Waals surface area contributed by atoms with Gasteiger partial charge in [0.2, 0.25) is 26.0 Å². The third kappa shape index (κ3) is 16.7. The maximum atomic E-state index is 13.8. The van der Waals surface area contributed by atoms with Crippen LogP contribution in [0.2, 0.25) is 0 Å². The Balaban J connectivity index is 0.000000177. The quantitative estimate of drug-likeness (QED) is 0.0962. The topological polar surface area (TPSA) is 188 Å². The number of nitrogens with one attached hydrogen (secondary N) is 1. The van der Waals surface area contributed by atoms with E-state index in [1.165, 1.54) is 97.3 Å². The van der Waals surface area contributed by atoms with Crippen molar-refractivity contribution in [3.63, 3.8) is 0 Å². The van der Waals surface area contributed by atoms with Crippen LogP contribution in [0.4, 0.5) is 0 Å². The summed E-state index contributed by atoms with van der Waals surface area (Å²) >= 11 is 3.93. The number of amides is 1. The van der Waals surface area contributed by atoms with Crippen LogP contribution < -0.4 is 14.8 Å². The third-order valence-electron chi connectivity index (χ3n) is 16.4. The van der Waals surface area contributed by atoms with E-state index in [4.69, 9.17) is 24.1 Å². The van der Waals surface area contributed by atoms with Crippen LogP contribution in [0.15, 0.2) is 46.2 Å². The number of carboxylic acid groups (broad SMARTS) is 1. The Morgan fingerprint density at radius 2 is 1.04 bits per heavy atom. The molecule has 2 atom stereocenters. The minimum Gasteiger partial charge on any atom is -0.497 e. The van der Waals surface area contributed by atoms with E-state index in [-0.39, 0.29) is 37.8 Å². The van der Waals surface area contributed by atoms with Gasteiger partial charge in [0.1, 0.15) is 24.7 Å². The molecular weight excluding hydrogens is 1110 g/mol. The van der Waals surface area contributed by atoms with Crippen LogP contribution in [0.5, 0.6) is 11.5 Å². The van der Waals surface area contributed by atoms with Gasteiger partial charge in [0.15, 0.2) is 0 Å². The van der Waals surface area contributed by atoms with Gasteiger partial charge in [0.25, 0.3) is 0 Å². The van der Waals surface area contributed by atoms with Crippen LogP contribution in [0.1, 0.15) is 130 Å². The summed E-state index contributed by atoms with van der Waals surface area (Å²) in [5.41, 5.74) is 5.49. The number of nitrogens with zero attached hydrogens (tertiary/aromatic N) is 5. The Hall–Kier alpha value is -4.00. The predicted octanol–water partition coefficient (Wildman–Crippen LogP) is 8.84. The molecule has 448 valence electrons. The minimum atomic E-state index is -3.71. The predicted molar refractivity (Wildman–Crippen MR) is 319 cm³/mol. The summed E-state index contributed by atoms with van der Waals surface area (Å²) in [6.07, 6.45) is 15.1. The van der Waals surface area contributed by atoms with Crippen LogP contribution in [-0.2, 0) is 78.1 Å². The summed E-state index contributed by atoms with van der Waals surface area (Å²) in [5.74, 6) is 0.180. The number of aryl methyl sites for hydroxylation is 4. The second-order valence-corrected chi connectivity index (χ2v) is 28.7. The first-order chi connectivity index (χ1) is 38.9. The molecule has 10 rings (SSSR count). The van der Waals surface area contributed by atoms with Gasteiger partial charge in [0.05, 0.1) is 37.2 Å². The zero-order chi connectivity index (χ0) is 57.7. The van der Waals surface area contributed by atoms with Crippen molar-refractivity contribution in [3.05, 3.63) is 89.3 Å². The first kappa shape index (κ1) is 63.0. The van der Waals surface area contributed by atoms with E-state index in [2.05, 4.69) is 27.2 Å². The van der Waals surface area contributed by atoms with Crippen molar-refractivity contribution in [1.29, 1.82) is 0 Å². The highest BCUT2D eigenvalue weighted by Crippen LogP contribution is 2.35. The molecule has 1 amide bonds. The number of methoxy groups -OCH3 is 2. The number of piperidine rings is 4. The van der Waals surface area contributed by atoms with E-state index in [0.29, 0.717) is 76.1 Å². The fourth-order valence-corrected chi connectivity index (χ4v) is 19.1. The molecule has 0 aliphatic carbocycles. The molecule has 2 aromatic carbocycles. The molecule has 0 radical (unpaired) electrons. The molecule has 4 saturated heterocycles. The molecule has 0 bridgehead atoms. The van der Waals surface area contributed by atoms with Gasteiger partial charge < -0.3 is 34.3 Å². The van der Waals surface area contributed by atoms with Crippen LogP contribution in [0.25, 0.3) is 0 Å². The summed E-state index contributed by atoms with van der Waals surface area (Å²) in [6.45, 7) is 18.6. The van der Waals surface area contributed by atoms with Crippen molar-refractivity contribution in [2.24, 2.45) is 0 Å². The number of hydrogen-bond acceptors (Lipinski definition) is 15. The van der Waals surface area contributed by atoms with E-state index in [9.17, 15) is 26.4 Å². The molecule has 2 unspecified atom stereocenters. The molecule has 0 saturated carbocycles. The number of carbonyl (C=O) groups excluding carboxylic acids is 1. The minimum absolute atomic E-state index is 0.0227. The first-order valence-corrected chi connectivity index (χ1v) is 33.8. The second kappa shape index (κ2) is 29.7. The van der Waals surface area contributed by atoms with Crippen molar-refractivity contribution in [2.45, 2.75) is 166 Å². The number of thiophene rings is 2. The average Bonchev–Trinajstić information content (AvgIpc) is 4.11. The van der Waals surface area contributed by atoms with Gasteiger partial charge >= 0.3 is 5.97 Å². The van der Waals surface area contributed by atoms with Gasteiger partial charge in [-0.05, 0) is 194 Å². The van der Waals surface area contributed by atoms with Gasteiger partial charge in [0, 0.05) is 77.4 Å². The number of hydrogen-bond donors (Lipinski definition) is 2. The highest BCUT2D eigenvalue weighted by Gasteiger charge is 2.38. The zero-order valence-corrected chi connectivity index (χ0v) is 52.0.